The molecule has 6 heteroatoms. The van der Waals surface area contributed by atoms with Gasteiger partial charge in [0.05, 0.1) is 23.5 Å². The first-order valence-electron chi connectivity index (χ1n) is 6.41. The van der Waals surface area contributed by atoms with Crippen LogP contribution in [0.25, 0.3) is 0 Å². The van der Waals surface area contributed by atoms with E-state index in [1.807, 2.05) is 32.7 Å². The summed E-state index contributed by atoms with van der Waals surface area (Å²) in [6.45, 7) is 5.56. The molecule has 0 amide bonds. The van der Waals surface area contributed by atoms with Gasteiger partial charge < -0.3 is 9.64 Å². The number of nitro groups is 1. The van der Waals surface area contributed by atoms with E-state index in [1.165, 1.54) is 6.07 Å². The lowest BCUT2D eigenvalue weighted by molar-refractivity contribution is -0.386. The Labute approximate surface area is 118 Å². The Kier molecular flexibility index (Phi) is 5.32. The molecule has 0 heterocycles. The van der Waals surface area contributed by atoms with Crippen molar-refractivity contribution < 1.29 is 9.66 Å². The fourth-order valence-electron chi connectivity index (χ4n) is 1.74. The molecule has 1 atom stereocenters. The molecule has 0 radical (unpaired) electrons. The highest BCUT2D eigenvalue weighted by atomic mass is 16.6. The van der Waals surface area contributed by atoms with E-state index in [0.29, 0.717) is 6.42 Å². The molecule has 20 heavy (non-hydrogen) atoms. The van der Waals surface area contributed by atoms with Gasteiger partial charge in [0.25, 0.3) is 0 Å². The van der Waals surface area contributed by atoms with E-state index in [0.717, 1.165) is 5.69 Å². The third-order valence-electron chi connectivity index (χ3n) is 2.96. The van der Waals surface area contributed by atoms with Crippen LogP contribution in [0.5, 0.6) is 5.75 Å². The summed E-state index contributed by atoms with van der Waals surface area (Å²) in [4.78, 5) is 12.4. The van der Waals surface area contributed by atoms with Crippen LogP contribution in [0.15, 0.2) is 18.2 Å². The molecule has 1 aromatic carbocycles. The predicted molar refractivity (Wildman–Crippen MR) is 77.0 cm³/mol. The molecular formula is C14H19N3O3. The number of hydrogen-bond acceptors (Lipinski definition) is 5. The summed E-state index contributed by atoms with van der Waals surface area (Å²) in [5.41, 5.74) is 0.734. The maximum atomic E-state index is 11.0. The van der Waals surface area contributed by atoms with E-state index in [4.69, 9.17) is 10.00 Å². The van der Waals surface area contributed by atoms with E-state index in [-0.39, 0.29) is 23.6 Å². The summed E-state index contributed by atoms with van der Waals surface area (Å²) in [7, 11) is 1.85. The molecular weight excluding hydrogens is 258 g/mol. The first kappa shape index (κ1) is 15.8. The second kappa shape index (κ2) is 6.75. The molecule has 1 unspecified atom stereocenters. The van der Waals surface area contributed by atoms with Gasteiger partial charge in [0.2, 0.25) is 0 Å². The van der Waals surface area contributed by atoms with Crippen molar-refractivity contribution in [1.29, 1.82) is 5.26 Å². The highest BCUT2D eigenvalue weighted by Crippen LogP contribution is 2.32. The van der Waals surface area contributed by atoms with Crippen molar-refractivity contribution in [2.24, 2.45) is 0 Å². The van der Waals surface area contributed by atoms with Crippen LogP contribution in [0.4, 0.5) is 11.4 Å². The van der Waals surface area contributed by atoms with Crippen molar-refractivity contribution in [2.45, 2.75) is 39.3 Å². The van der Waals surface area contributed by atoms with Crippen LogP contribution in [0.3, 0.4) is 0 Å². The van der Waals surface area contributed by atoms with Crippen LogP contribution in [-0.4, -0.2) is 24.1 Å². The Hall–Kier alpha value is -2.29. The normalized spacial score (nSPS) is 11.8. The highest BCUT2D eigenvalue weighted by molar-refractivity contribution is 5.59. The largest absolute Gasteiger partial charge is 0.484 e. The monoisotopic (exact) mass is 277 g/mol. The van der Waals surface area contributed by atoms with Gasteiger partial charge in [-0.05, 0) is 26.8 Å². The summed E-state index contributed by atoms with van der Waals surface area (Å²) < 4.78 is 5.50. The smallest absolute Gasteiger partial charge is 0.311 e. The number of rotatable bonds is 6. The van der Waals surface area contributed by atoms with Gasteiger partial charge in [-0.2, -0.15) is 5.26 Å². The molecule has 0 aliphatic heterocycles. The van der Waals surface area contributed by atoms with Gasteiger partial charge in [-0.3, -0.25) is 10.1 Å². The Morgan fingerprint density at radius 3 is 2.60 bits per heavy atom. The fourth-order valence-corrected chi connectivity index (χ4v) is 1.74. The van der Waals surface area contributed by atoms with Gasteiger partial charge >= 0.3 is 5.69 Å². The minimum Gasteiger partial charge on any atom is -0.484 e. The Morgan fingerprint density at radius 2 is 2.10 bits per heavy atom. The third-order valence-corrected chi connectivity index (χ3v) is 2.96. The van der Waals surface area contributed by atoms with Gasteiger partial charge in [0.15, 0.2) is 5.75 Å². The zero-order valence-electron chi connectivity index (χ0n) is 12.2. The average molecular weight is 277 g/mol. The topological polar surface area (TPSA) is 79.4 Å². The summed E-state index contributed by atoms with van der Waals surface area (Å²) in [5.74, 6) is 0.249. The van der Waals surface area contributed by atoms with Gasteiger partial charge in [-0.25, -0.2) is 0 Å². The summed E-state index contributed by atoms with van der Waals surface area (Å²) in [6, 6.07) is 6.88. The second-order valence-electron chi connectivity index (χ2n) is 4.90. The van der Waals surface area contributed by atoms with Gasteiger partial charge in [-0.1, -0.05) is 0 Å². The molecule has 0 fully saturated rings. The number of nitro benzene ring substituents is 1. The van der Waals surface area contributed by atoms with Crippen molar-refractivity contribution in [3.05, 3.63) is 28.3 Å². The van der Waals surface area contributed by atoms with Crippen molar-refractivity contribution in [3.8, 4) is 11.8 Å². The zero-order chi connectivity index (χ0) is 15.3. The lowest BCUT2D eigenvalue weighted by atomic mass is 10.2. The number of anilines is 1. The maximum absolute atomic E-state index is 11.0. The van der Waals surface area contributed by atoms with Crippen LogP contribution < -0.4 is 9.64 Å². The minimum absolute atomic E-state index is 0.0216. The lowest BCUT2D eigenvalue weighted by Gasteiger charge is -2.25. The van der Waals surface area contributed by atoms with E-state index < -0.39 is 4.92 Å². The van der Waals surface area contributed by atoms with Crippen LogP contribution in [0, 0.1) is 21.4 Å². The maximum Gasteiger partial charge on any atom is 0.311 e. The Balaban J connectivity index is 3.12. The molecule has 0 spiro atoms. The summed E-state index contributed by atoms with van der Waals surface area (Å²) in [5, 5.41) is 19.7. The number of nitrogens with zero attached hydrogens (tertiary/aromatic N) is 3. The van der Waals surface area contributed by atoms with Gasteiger partial charge in [0.1, 0.15) is 0 Å². The summed E-state index contributed by atoms with van der Waals surface area (Å²) >= 11 is 0. The second-order valence-corrected chi connectivity index (χ2v) is 4.90. The molecule has 0 aliphatic rings. The van der Waals surface area contributed by atoms with Crippen molar-refractivity contribution in [3.63, 3.8) is 0 Å². The number of hydrogen-bond donors (Lipinski definition) is 0. The zero-order valence-corrected chi connectivity index (χ0v) is 12.2. The van der Waals surface area contributed by atoms with Crippen LogP contribution >= 0.6 is 0 Å². The molecule has 1 aromatic rings. The number of benzene rings is 1. The first-order chi connectivity index (χ1) is 9.36. The molecule has 0 N–H and O–H groups in total. The molecule has 6 nitrogen and oxygen atoms in total. The molecule has 0 aromatic heterocycles. The van der Waals surface area contributed by atoms with Gasteiger partial charge in [0, 0.05) is 30.9 Å². The molecule has 1 rings (SSSR count). The molecule has 0 saturated carbocycles. The third kappa shape index (κ3) is 3.85. The van der Waals surface area contributed by atoms with Crippen LogP contribution in [0.1, 0.15) is 27.2 Å². The standard InChI is InChI=1S/C14H19N3O3/c1-10(2)20-14-9-12(5-6-13(14)17(18)19)16(4)11(3)7-8-15/h5-6,9-11H,7H2,1-4H3. The molecule has 0 aliphatic carbocycles. The van der Waals surface area contributed by atoms with Crippen LogP contribution in [-0.2, 0) is 0 Å². The quantitative estimate of drug-likeness (QED) is 0.589. The molecule has 0 saturated heterocycles. The van der Waals surface area contributed by atoms with Gasteiger partial charge in [-0.15, -0.1) is 0 Å². The Morgan fingerprint density at radius 1 is 1.45 bits per heavy atom. The van der Waals surface area contributed by atoms with E-state index in [2.05, 4.69) is 6.07 Å². The van der Waals surface area contributed by atoms with E-state index in [9.17, 15) is 10.1 Å². The fraction of sp³-hybridized carbons (Fsp3) is 0.500. The Bertz CT molecular complexity index is 523. The molecule has 0 bridgehead atoms. The predicted octanol–water partition coefficient (Wildman–Crippen LogP) is 3.12. The minimum atomic E-state index is -0.458. The lowest BCUT2D eigenvalue weighted by Crippen LogP contribution is -2.28. The highest BCUT2D eigenvalue weighted by Gasteiger charge is 2.19. The van der Waals surface area contributed by atoms with E-state index in [1.54, 1.807) is 12.1 Å². The first-order valence-corrected chi connectivity index (χ1v) is 6.41. The van der Waals surface area contributed by atoms with Crippen molar-refractivity contribution >= 4 is 11.4 Å². The number of ether oxygens (including phenoxy) is 1. The number of nitriles is 1. The summed E-state index contributed by atoms with van der Waals surface area (Å²) in [6.07, 6.45) is 0.235. The van der Waals surface area contributed by atoms with E-state index >= 15 is 0 Å². The van der Waals surface area contributed by atoms with Crippen LogP contribution in [0.2, 0.25) is 0 Å². The SMILES string of the molecule is CC(C)Oc1cc(N(C)C(C)CC#N)ccc1[N+](=O)[O-]. The van der Waals surface area contributed by atoms with Crippen molar-refractivity contribution in [2.75, 3.05) is 11.9 Å². The molecule has 108 valence electrons. The van der Waals surface area contributed by atoms with Crippen molar-refractivity contribution in [1.82, 2.24) is 0 Å². The average Bonchev–Trinajstić information content (AvgIpc) is 2.37.